The Balaban J connectivity index is 1.96. The predicted octanol–water partition coefficient (Wildman–Crippen LogP) is 3.79. The van der Waals surface area contributed by atoms with Gasteiger partial charge < -0.3 is 9.84 Å². The summed E-state index contributed by atoms with van der Waals surface area (Å²) in [7, 11) is 0. The molecule has 0 bridgehead atoms. The summed E-state index contributed by atoms with van der Waals surface area (Å²) in [6.45, 7) is 0. The van der Waals surface area contributed by atoms with E-state index in [1.807, 2.05) is 0 Å². The number of aldehydes is 1. The molecule has 0 aromatic heterocycles. The van der Waals surface area contributed by atoms with E-state index in [2.05, 4.69) is 5.10 Å². The highest BCUT2D eigenvalue weighted by Crippen LogP contribution is 2.33. The van der Waals surface area contributed by atoms with Crippen LogP contribution in [0.2, 0.25) is 5.02 Å². The third-order valence-corrected chi connectivity index (χ3v) is 3.67. The van der Waals surface area contributed by atoms with Crippen molar-refractivity contribution in [3.05, 3.63) is 58.6 Å². The van der Waals surface area contributed by atoms with E-state index in [4.69, 9.17) is 16.3 Å². The highest BCUT2D eigenvalue weighted by Gasteiger charge is 2.33. The molecule has 0 fully saturated rings. The molecule has 1 heterocycles. The maximum Gasteiger partial charge on any atom is 0.416 e. The number of anilines is 1. The molecule has 1 aliphatic heterocycles. The minimum absolute atomic E-state index is 0.0722. The van der Waals surface area contributed by atoms with Gasteiger partial charge in [0.1, 0.15) is 5.75 Å². The van der Waals surface area contributed by atoms with Crippen molar-refractivity contribution < 1.29 is 27.8 Å². The summed E-state index contributed by atoms with van der Waals surface area (Å²) >= 11 is 5.87. The van der Waals surface area contributed by atoms with Crippen LogP contribution < -0.4 is 5.01 Å². The predicted molar refractivity (Wildman–Crippen MR) is 84.5 cm³/mol. The van der Waals surface area contributed by atoms with Gasteiger partial charge >= 0.3 is 6.18 Å². The van der Waals surface area contributed by atoms with E-state index in [0.29, 0.717) is 11.3 Å². The van der Waals surface area contributed by atoms with Crippen LogP contribution in [0.25, 0.3) is 0 Å². The van der Waals surface area contributed by atoms with Crippen molar-refractivity contribution in [1.82, 2.24) is 0 Å². The molecule has 1 atom stereocenters. The smallest absolute Gasteiger partial charge is 0.416 e. The molecular formula is C16H10ClF3N2O3. The van der Waals surface area contributed by atoms with Gasteiger partial charge in [-0.2, -0.15) is 13.2 Å². The molecular weight excluding hydrogens is 361 g/mol. The number of phenols is 1. The number of rotatable bonds is 3. The van der Waals surface area contributed by atoms with Crippen LogP contribution in [0, 0.1) is 0 Å². The number of phenolic OH excluding ortho intramolecular Hbond substituents is 1. The molecule has 1 aliphatic rings. The van der Waals surface area contributed by atoms with Crippen molar-refractivity contribution in [2.75, 3.05) is 5.01 Å². The number of hydrazone groups is 1. The summed E-state index contributed by atoms with van der Waals surface area (Å²) < 4.78 is 43.3. The third-order valence-electron chi connectivity index (χ3n) is 3.44. The molecule has 0 saturated carbocycles. The van der Waals surface area contributed by atoms with E-state index in [1.165, 1.54) is 30.3 Å². The normalized spacial score (nSPS) is 17.2. The number of carbonyl (C=O) groups is 1. The number of ether oxygens (including phenoxy) is 1. The van der Waals surface area contributed by atoms with E-state index in [-0.39, 0.29) is 22.9 Å². The highest BCUT2D eigenvalue weighted by molar-refractivity contribution is 6.31. The highest BCUT2D eigenvalue weighted by atomic mass is 35.5. The topological polar surface area (TPSA) is 62.1 Å². The van der Waals surface area contributed by atoms with Gasteiger partial charge in [0.2, 0.25) is 12.1 Å². The lowest BCUT2D eigenvalue weighted by Gasteiger charge is -2.17. The van der Waals surface area contributed by atoms with Crippen molar-refractivity contribution in [3.8, 4) is 5.75 Å². The summed E-state index contributed by atoms with van der Waals surface area (Å²) in [6.07, 6.45) is -5.20. The van der Waals surface area contributed by atoms with Crippen LogP contribution in [0.4, 0.5) is 18.9 Å². The van der Waals surface area contributed by atoms with Crippen LogP contribution in [-0.2, 0) is 15.7 Å². The standard InChI is InChI=1S/C16H10ClF3N2O3/c17-10-3-6-13(24)12(7-10)15-21-22(14(8-23)25-15)11-4-1-9(2-5-11)16(18,19)20/h1-8,14,24H. The fraction of sp³-hybridized carbons (Fsp3) is 0.125. The van der Waals surface area contributed by atoms with Gasteiger partial charge in [0, 0.05) is 5.02 Å². The zero-order chi connectivity index (χ0) is 18.2. The summed E-state index contributed by atoms with van der Waals surface area (Å²) in [5.41, 5.74) is -0.439. The number of halogens is 4. The minimum atomic E-state index is -4.47. The third kappa shape index (κ3) is 3.39. The van der Waals surface area contributed by atoms with Crippen LogP contribution in [-0.4, -0.2) is 23.5 Å². The molecule has 5 nitrogen and oxygen atoms in total. The van der Waals surface area contributed by atoms with Gasteiger partial charge in [-0.3, -0.25) is 4.79 Å². The molecule has 3 rings (SSSR count). The van der Waals surface area contributed by atoms with Gasteiger partial charge in [0.25, 0.3) is 0 Å². The zero-order valence-electron chi connectivity index (χ0n) is 12.4. The number of nitrogens with zero attached hydrogens (tertiary/aromatic N) is 2. The van der Waals surface area contributed by atoms with Crippen molar-refractivity contribution in [1.29, 1.82) is 0 Å². The van der Waals surface area contributed by atoms with E-state index in [1.54, 1.807) is 0 Å². The van der Waals surface area contributed by atoms with E-state index in [0.717, 1.165) is 17.1 Å². The Hall–Kier alpha value is -2.74. The quantitative estimate of drug-likeness (QED) is 0.835. The average Bonchev–Trinajstić information content (AvgIpc) is 3.00. The number of aromatic hydroxyl groups is 1. The van der Waals surface area contributed by atoms with Crippen LogP contribution in [0.3, 0.4) is 0 Å². The largest absolute Gasteiger partial charge is 0.507 e. The Labute approximate surface area is 144 Å². The Morgan fingerprint density at radius 2 is 1.88 bits per heavy atom. The van der Waals surface area contributed by atoms with Crippen molar-refractivity contribution >= 4 is 29.5 Å². The van der Waals surface area contributed by atoms with Gasteiger partial charge in [0.15, 0.2) is 6.29 Å². The molecule has 25 heavy (non-hydrogen) atoms. The molecule has 2 aromatic rings. The summed E-state index contributed by atoms with van der Waals surface area (Å²) in [6, 6.07) is 8.29. The molecule has 1 unspecified atom stereocenters. The van der Waals surface area contributed by atoms with Gasteiger partial charge in [0.05, 0.1) is 16.8 Å². The average molecular weight is 371 g/mol. The fourth-order valence-electron chi connectivity index (χ4n) is 2.23. The molecule has 0 amide bonds. The first-order chi connectivity index (χ1) is 11.8. The second-order valence-electron chi connectivity index (χ2n) is 5.10. The number of benzene rings is 2. The number of hydrogen-bond acceptors (Lipinski definition) is 5. The molecule has 9 heteroatoms. The number of carbonyl (C=O) groups excluding carboxylic acids is 1. The van der Waals surface area contributed by atoms with E-state index < -0.39 is 18.0 Å². The van der Waals surface area contributed by atoms with Crippen LogP contribution in [0.5, 0.6) is 5.75 Å². The van der Waals surface area contributed by atoms with E-state index in [9.17, 15) is 23.1 Å². The van der Waals surface area contributed by atoms with Gasteiger partial charge in [-0.1, -0.05) is 11.6 Å². The molecule has 2 aromatic carbocycles. The molecule has 0 spiro atoms. The van der Waals surface area contributed by atoms with Crippen molar-refractivity contribution in [2.45, 2.75) is 12.4 Å². The summed E-state index contributed by atoms with van der Waals surface area (Å²) in [4.78, 5) is 11.2. The maximum absolute atomic E-state index is 12.6. The van der Waals surface area contributed by atoms with Gasteiger partial charge in [-0.05, 0) is 42.5 Å². The monoisotopic (exact) mass is 370 g/mol. The first kappa shape index (κ1) is 17.1. The lowest BCUT2D eigenvalue weighted by molar-refractivity contribution is -0.137. The Kier molecular flexibility index (Phi) is 4.30. The van der Waals surface area contributed by atoms with Crippen LogP contribution in [0.1, 0.15) is 11.1 Å². The zero-order valence-corrected chi connectivity index (χ0v) is 13.1. The number of alkyl halides is 3. The minimum Gasteiger partial charge on any atom is -0.507 e. The van der Waals surface area contributed by atoms with Gasteiger partial charge in [-0.25, -0.2) is 5.01 Å². The molecule has 130 valence electrons. The lowest BCUT2D eigenvalue weighted by Crippen LogP contribution is -2.29. The van der Waals surface area contributed by atoms with Crippen LogP contribution >= 0.6 is 11.6 Å². The second kappa shape index (κ2) is 6.29. The Morgan fingerprint density at radius 1 is 1.20 bits per heavy atom. The SMILES string of the molecule is O=CC1OC(c2cc(Cl)ccc2O)=NN1c1ccc(C(F)(F)F)cc1. The van der Waals surface area contributed by atoms with E-state index >= 15 is 0 Å². The molecule has 0 saturated heterocycles. The number of hydrogen-bond donors (Lipinski definition) is 1. The Bertz CT molecular complexity index is 838. The maximum atomic E-state index is 12.6. The second-order valence-corrected chi connectivity index (χ2v) is 5.54. The summed E-state index contributed by atoms with van der Waals surface area (Å²) in [5, 5.41) is 15.4. The first-order valence-electron chi connectivity index (χ1n) is 6.95. The van der Waals surface area contributed by atoms with Crippen molar-refractivity contribution in [2.24, 2.45) is 5.10 Å². The van der Waals surface area contributed by atoms with Crippen molar-refractivity contribution in [3.63, 3.8) is 0 Å². The molecule has 0 radical (unpaired) electrons. The van der Waals surface area contributed by atoms with Crippen LogP contribution in [0.15, 0.2) is 47.6 Å². The van der Waals surface area contributed by atoms with Gasteiger partial charge in [-0.15, -0.1) is 5.10 Å². The molecule has 1 N–H and O–H groups in total. The first-order valence-corrected chi connectivity index (χ1v) is 7.33. The Morgan fingerprint density at radius 3 is 2.48 bits per heavy atom. The molecule has 0 aliphatic carbocycles. The fourth-order valence-corrected chi connectivity index (χ4v) is 2.40. The summed E-state index contributed by atoms with van der Waals surface area (Å²) in [5.74, 6) is -0.237. The lowest BCUT2D eigenvalue weighted by atomic mass is 10.2.